The normalized spacial score (nSPS) is 27.6. The van der Waals surface area contributed by atoms with Crippen LogP contribution in [-0.4, -0.2) is 12.2 Å². The quantitative estimate of drug-likeness (QED) is 0.840. The van der Waals surface area contributed by atoms with Crippen LogP contribution in [0.3, 0.4) is 0 Å². The summed E-state index contributed by atoms with van der Waals surface area (Å²) in [5, 5.41) is 3.48. The predicted molar refractivity (Wildman–Crippen MR) is 66.4 cm³/mol. The zero-order valence-corrected chi connectivity index (χ0v) is 10.3. The van der Waals surface area contributed by atoms with E-state index in [1.807, 2.05) is 6.07 Å². The van der Waals surface area contributed by atoms with Crippen molar-refractivity contribution in [1.29, 1.82) is 0 Å². The minimum Gasteiger partial charge on any atom is -0.316 e. The smallest absolute Gasteiger partial charge is 0.0931 e. The van der Waals surface area contributed by atoms with E-state index >= 15 is 0 Å². The Kier molecular flexibility index (Phi) is 4.03. The topological polar surface area (TPSA) is 38.0 Å². The van der Waals surface area contributed by atoms with Gasteiger partial charge in [-0.2, -0.15) is 0 Å². The molecule has 0 spiro atoms. The summed E-state index contributed by atoms with van der Waals surface area (Å²) in [5.41, 5.74) is 5.95. The summed E-state index contributed by atoms with van der Waals surface area (Å²) in [6, 6.07) is 4.61. The lowest BCUT2D eigenvalue weighted by Gasteiger charge is -2.18. The summed E-state index contributed by atoms with van der Waals surface area (Å²) < 4.78 is 0.878. The molecule has 0 saturated carbocycles. The van der Waals surface area contributed by atoms with E-state index in [0.29, 0.717) is 6.04 Å². The molecule has 0 aliphatic carbocycles. The second-order valence-corrected chi connectivity index (χ2v) is 5.96. The number of hydrogen-bond donors (Lipinski definition) is 2. The Balaban J connectivity index is 1.92. The van der Waals surface area contributed by atoms with E-state index in [0.717, 1.165) is 17.2 Å². The van der Waals surface area contributed by atoms with Crippen LogP contribution in [0.2, 0.25) is 4.34 Å². The maximum atomic E-state index is 5.95. The first-order chi connectivity index (χ1) is 7.24. The van der Waals surface area contributed by atoms with Gasteiger partial charge in [0, 0.05) is 10.9 Å². The Bertz CT molecular complexity index is 313. The summed E-state index contributed by atoms with van der Waals surface area (Å²) in [4.78, 5) is 1.35. The minimum absolute atomic E-state index is 0.174. The molecule has 2 atom stereocenters. The van der Waals surface area contributed by atoms with Crippen molar-refractivity contribution in [3.8, 4) is 0 Å². The van der Waals surface area contributed by atoms with Gasteiger partial charge >= 0.3 is 0 Å². The maximum absolute atomic E-state index is 5.95. The molecule has 2 unspecified atom stereocenters. The molecule has 0 aromatic carbocycles. The molecule has 2 rings (SSSR count). The lowest BCUT2D eigenvalue weighted by Crippen LogP contribution is -2.43. The molecular formula is C11H17ClN2S. The van der Waals surface area contributed by atoms with E-state index in [1.165, 1.54) is 24.1 Å². The van der Waals surface area contributed by atoms with Crippen molar-refractivity contribution in [2.75, 3.05) is 0 Å². The number of hydrogen-bond acceptors (Lipinski definition) is 3. The Morgan fingerprint density at radius 2 is 2.20 bits per heavy atom. The Morgan fingerprint density at radius 3 is 2.93 bits per heavy atom. The predicted octanol–water partition coefficient (Wildman–Crippen LogP) is 2.76. The SMILES string of the molecule is NC1CCCCC(Cc2ccc(Cl)s2)N1. The number of nitrogens with one attached hydrogen (secondary N) is 1. The number of nitrogens with two attached hydrogens (primary N) is 1. The van der Waals surface area contributed by atoms with Gasteiger partial charge < -0.3 is 5.73 Å². The van der Waals surface area contributed by atoms with E-state index in [2.05, 4.69) is 11.4 Å². The first kappa shape index (κ1) is 11.4. The summed E-state index contributed by atoms with van der Waals surface area (Å²) in [6.45, 7) is 0. The van der Waals surface area contributed by atoms with Gasteiger partial charge in [-0.15, -0.1) is 11.3 Å². The molecule has 4 heteroatoms. The van der Waals surface area contributed by atoms with E-state index < -0.39 is 0 Å². The highest BCUT2D eigenvalue weighted by Crippen LogP contribution is 2.24. The molecule has 1 aromatic heterocycles. The number of halogens is 1. The van der Waals surface area contributed by atoms with Gasteiger partial charge in [0.05, 0.1) is 10.5 Å². The standard InChI is InChI=1S/C11H17ClN2S/c12-10-6-5-9(15-10)7-8-3-1-2-4-11(13)14-8/h5-6,8,11,14H,1-4,7,13H2. The van der Waals surface area contributed by atoms with Gasteiger partial charge in [-0.3, -0.25) is 5.32 Å². The first-order valence-corrected chi connectivity index (χ1v) is 6.69. The van der Waals surface area contributed by atoms with E-state index in [4.69, 9.17) is 17.3 Å². The van der Waals surface area contributed by atoms with Gasteiger partial charge in [0.25, 0.3) is 0 Å². The van der Waals surface area contributed by atoms with Crippen LogP contribution >= 0.6 is 22.9 Å². The van der Waals surface area contributed by atoms with E-state index in [1.54, 1.807) is 11.3 Å². The van der Waals surface area contributed by atoms with Crippen LogP contribution in [0.5, 0.6) is 0 Å². The molecule has 0 amide bonds. The van der Waals surface area contributed by atoms with Gasteiger partial charge in [0.2, 0.25) is 0 Å². The third-order valence-electron chi connectivity index (χ3n) is 2.84. The minimum atomic E-state index is 0.174. The molecule has 1 saturated heterocycles. The molecule has 1 fully saturated rings. The van der Waals surface area contributed by atoms with Crippen LogP contribution < -0.4 is 11.1 Å². The van der Waals surface area contributed by atoms with Crippen molar-refractivity contribution >= 4 is 22.9 Å². The lowest BCUT2D eigenvalue weighted by molar-refractivity contribution is 0.436. The molecule has 84 valence electrons. The van der Waals surface area contributed by atoms with Gasteiger partial charge in [-0.05, 0) is 31.4 Å². The molecule has 1 aromatic rings. The zero-order valence-electron chi connectivity index (χ0n) is 8.71. The first-order valence-electron chi connectivity index (χ1n) is 5.50. The molecule has 1 aliphatic rings. The summed E-state index contributed by atoms with van der Waals surface area (Å²) in [7, 11) is 0. The molecular weight excluding hydrogens is 228 g/mol. The molecule has 0 radical (unpaired) electrons. The maximum Gasteiger partial charge on any atom is 0.0931 e. The average Bonchev–Trinajstić information content (AvgIpc) is 2.46. The second kappa shape index (κ2) is 5.30. The second-order valence-electron chi connectivity index (χ2n) is 4.16. The number of rotatable bonds is 2. The largest absolute Gasteiger partial charge is 0.316 e. The summed E-state index contributed by atoms with van der Waals surface area (Å²) in [5.74, 6) is 0. The van der Waals surface area contributed by atoms with Crippen molar-refractivity contribution in [1.82, 2.24) is 5.32 Å². The van der Waals surface area contributed by atoms with E-state index in [9.17, 15) is 0 Å². The summed E-state index contributed by atoms with van der Waals surface area (Å²) >= 11 is 7.59. The highest BCUT2D eigenvalue weighted by atomic mass is 35.5. The lowest BCUT2D eigenvalue weighted by atomic mass is 10.1. The van der Waals surface area contributed by atoms with Crippen LogP contribution in [0.25, 0.3) is 0 Å². The third-order valence-corrected chi connectivity index (χ3v) is 4.10. The highest BCUT2D eigenvalue weighted by molar-refractivity contribution is 7.16. The third kappa shape index (κ3) is 3.45. The highest BCUT2D eigenvalue weighted by Gasteiger charge is 2.17. The van der Waals surface area contributed by atoms with Crippen molar-refractivity contribution in [3.63, 3.8) is 0 Å². The van der Waals surface area contributed by atoms with Gasteiger partial charge in [0.1, 0.15) is 0 Å². The molecule has 3 N–H and O–H groups in total. The van der Waals surface area contributed by atoms with Crippen LogP contribution in [0.4, 0.5) is 0 Å². The van der Waals surface area contributed by atoms with Crippen LogP contribution in [0.1, 0.15) is 30.6 Å². The van der Waals surface area contributed by atoms with Crippen LogP contribution in [0, 0.1) is 0 Å². The molecule has 1 aliphatic heterocycles. The molecule has 2 heterocycles. The van der Waals surface area contributed by atoms with Crippen LogP contribution in [0.15, 0.2) is 12.1 Å². The average molecular weight is 245 g/mol. The van der Waals surface area contributed by atoms with Gasteiger partial charge in [-0.25, -0.2) is 0 Å². The molecule has 2 nitrogen and oxygen atoms in total. The molecule has 15 heavy (non-hydrogen) atoms. The zero-order chi connectivity index (χ0) is 10.7. The fourth-order valence-corrected chi connectivity index (χ4v) is 3.26. The van der Waals surface area contributed by atoms with Crippen molar-refractivity contribution in [2.45, 2.75) is 44.3 Å². The Labute approximate surface area is 99.8 Å². The van der Waals surface area contributed by atoms with Crippen molar-refractivity contribution in [3.05, 3.63) is 21.3 Å². The number of thiophene rings is 1. The van der Waals surface area contributed by atoms with Crippen molar-refractivity contribution < 1.29 is 0 Å². The fraction of sp³-hybridized carbons (Fsp3) is 0.636. The van der Waals surface area contributed by atoms with Crippen LogP contribution in [-0.2, 0) is 6.42 Å². The Morgan fingerprint density at radius 1 is 1.40 bits per heavy atom. The Hall–Kier alpha value is -0.0900. The monoisotopic (exact) mass is 244 g/mol. The molecule has 0 bridgehead atoms. The van der Waals surface area contributed by atoms with Gasteiger partial charge in [-0.1, -0.05) is 24.4 Å². The van der Waals surface area contributed by atoms with E-state index in [-0.39, 0.29) is 6.17 Å². The van der Waals surface area contributed by atoms with Crippen molar-refractivity contribution in [2.24, 2.45) is 5.73 Å². The summed E-state index contributed by atoms with van der Waals surface area (Å²) in [6.07, 6.45) is 6.09. The fourth-order valence-electron chi connectivity index (χ4n) is 2.09. The van der Waals surface area contributed by atoms with Gasteiger partial charge in [0.15, 0.2) is 0 Å².